The van der Waals surface area contributed by atoms with Crippen LogP contribution in [0.2, 0.25) is 5.02 Å². The van der Waals surface area contributed by atoms with Gasteiger partial charge >= 0.3 is 5.97 Å². The van der Waals surface area contributed by atoms with E-state index in [9.17, 15) is 14.4 Å². The average molecular weight is 413 g/mol. The summed E-state index contributed by atoms with van der Waals surface area (Å²) < 4.78 is 5.25. The monoisotopic (exact) mass is 412 g/mol. The summed E-state index contributed by atoms with van der Waals surface area (Å²) in [6, 6.07) is 15.0. The standard InChI is InChI=1S/C22H21ClN2O4/c23-18-7-3-1-6-16(18)12-24-13-17(11-20(24)26)22(28)29-14-21(27)25-10-9-15-5-2-4-8-19(15)25/h1-8,17H,9-14H2/t17-/m1/s1. The fraction of sp³-hybridized carbons (Fsp3) is 0.318. The smallest absolute Gasteiger partial charge is 0.311 e. The summed E-state index contributed by atoms with van der Waals surface area (Å²) in [5.74, 6) is -1.45. The molecule has 2 aromatic rings. The number of esters is 1. The maximum Gasteiger partial charge on any atom is 0.311 e. The van der Waals surface area contributed by atoms with Crippen LogP contribution in [-0.4, -0.2) is 42.4 Å². The minimum absolute atomic E-state index is 0.0873. The molecular weight excluding hydrogens is 392 g/mol. The van der Waals surface area contributed by atoms with E-state index in [2.05, 4.69) is 0 Å². The number of hydrogen-bond donors (Lipinski definition) is 0. The second-order valence-electron chi connectivity index (χ2n) is 7.30. The molecule has 0 radical (unpaired) electrons. The van der Waals surface area contributed by atoms with Crippen LogP contribution in [0, 0.1) is 5.92 Å². The molecule has 1 atom stereocenters. The Morgan fingerprint density at radius 1 is 1.10 bits per heavy atom. The van der Waals surface area contributed by atoms with E-state index in [1.165, 1.54) is 0 Å². The van der Waals surface area contributed by atoms with E-state index >= 15 is 0 Å². The van der Waals surface area contributed by atoms with Crippen molar-refractivity contribution in [2.24, 2.45) is 5.92 Å². The fourth-order valence-electron chi connectivity index (χ4n) is 3.84. The Labute approximate surface area is 174 Å². The zero-order valence-corrected chi connectivity index (χ0v) is 16.6. The van der Waals surface area contributed by atoms with E-state index < -0.39 is 11.9 Å². The third-order valence-corrected chi connectivity index (χ3v) is 5.76. The molecule has 2 aromatic carbocycles. The Balaban J connectivity index is 1.31. The van der Waals surface area contributed by atoms with Crippen LogP contribution in [0.15, 0.2) is 48.5 Å². The summed E-state index contributed by atoms with van der Waals surface area (Å²) >= 11 is 6.16. The molecule has 0 N–H and O–H groups in total. The number of fused-ring (bicyclic) bond motifs is 1. The van der Waals surface area contributed by atoms with Crippen molar-refractivity contribution >= 4 is 35.1 Å². The van der Waals surface area contributed by atoms with E-state index in [4.69, 9.17) is 16.3 Å². The van der Waals surface area contributed by atoms with E-state index in [1.54, 1.807) is 15.9 Å². The van der Waals surface area contributed by atoms with E-state index in [0.29, 0.717) is 18.1 Å². The number of carbonyl (C=O) groups excluding carboxylic acids is 3. The van der Waals surface area contributed by atoms with Crippen molar-refractivity contribution < 1.29 is 19.1 Å². The number of carbonyl (C=O) groups is 3. The van der Waals surface area contributed by atoms with Crippen molar-refractivity contribution in [3.8, 4) is 0 Å². The SMILES string of the molecule is O=C(OCC(=O)N1CCc2ccccc21)[C@@H]1CC(=O)N(Cc2ccccc2Cl)C1. The molecule has 2 heterocycles. The zero-order chi connectivity index (χ0) is 20.4. The predicted octanol–water partition coefficient (Wildman–Crippen LogP) is 2.82. The summed E-state index contributed by atoms with van der Waals surface area (Å²) in [6.07, 6.45) is 0.883. The third-order valence-electron chi connectivity index (χ3n) is 5.39. The molecule has 0 spiro atoms. The van der Waals surface area contributed by atoms with Gasteiger partial charge in [0.2, 0.25) is 5.91 Å². The minimum Gasteiger partial charge on any atom is -0.455 e. The molecule has 2 aliphatic rings. The van der Waals surface area contributed by atoms with Gasteiger partial charge in [-0.15, -0.1) is 0 Å². The number of halogens is 1. The normalized spacial score (nSPS) is 18.1. The Hall–Kier alpha value is -2.86. The molecule has 29 heavy (non-hydrogen) atoms. The van der Waals surface area contributed by atoms with Gasteiger partial charge in [-0.25, -0.2) is 0 Å². The molecule has 4 rings (SSSR count). The topological polar surface area (TPSA) is 66.9 Å². The predicted molar refractivity (Wildman–Crippen MR) is 108 cm³/mol. The second kappa shape index (κ2) is 8.25. The highest BCUT2D eigenvalue weighted by Gasteiger charge is 2.36. The van der Waals surface area contributed by atoms with Gasteiger partial charge in [0.05, 0.1) is 5.92 Å². The van der Waals surface area contributed by atoms with E-state index in [0.717, 1.165) is 23.2 Å². The van der Waals surface area contributed by atoms with Crippen LogP contribution in [0.4, 0.5) is 5.69 Å². The number of rotatable bonds is 5. The number of benzene rings is 2. The van der Waals surface area contributed by atoms with Gasteiger partial charge in [-0.05, 0) is 29.7 Å². The highest BCUT2D eigenvalue weighted by molar-refractivity contribution is 6.31. The lowest BCUT2D eigenvalue weighted by Crippen LogP contribution is -2.34. The molecule has 1 fully saturated rings. The molecule has 6 nitrogen and oxygen atoms in total. The van der Waals surface area contributed by atoms with Crippen molar-refractivity contribution in [2.45, 2.75) is 19.4 Å². The highest BCUT2D eigenvalue weighted by atomic mass is 35.5. The quantitative estimate of drug-likeness (QED) is 0.708. The number of anilines is 1. The first-order chi connectivity index (χ1) is 14.0. The lowest BCUT2D eigenvalue weighted by molar-refractivity contribution is -0.151. The van der Waals surface area contributed by atoms with Gasteiger partial charge < -0.3 is 14.5 Å². The summed E-state index contributed by atoms with van der Waals surface area (Å²) in [4.78, 5) is 40.5. The maximum absolute atomic E-state index is 12.5. The molecule has 0 unspecified atom stereocenters. The van der Waals surface area contributed by atoms with Gasteiger partial charge in [0.1, 0.15) is 0 Å². The Bertz CT molecular complexity index is 961. The van der Waals surface area contributed by atoms with Crippen LogP contribution in [0.25, 0.3) is 0 Å². The van der Waals surface area contributed by atoms with Crippen molar-refractivity contribution in [2.75, 3.05) is 24.6 Å². The van der Waals surface area contributed by atoms with Gasteiger partial charge in [0.15, 0.2) is 6.61 Å². The van der Waals surface area contributed by atoms with Gasteiger partial charge in [0, 0.05) is 36.8 Å². The van der Waals surface area contributed by atoms with Crippen molar-refractivity contribution in [3.05, 3.63) is 64.7 Å². The van der Waals surface area contributed by atoms with Crippen LogP contribution in [0.5, 0.6) is 0 Å². The van der Waals surface area contributed by atoms with Crippen LogP contribution in [-0.2, 0) is 32.1 Å². The molecule has 0 aromatic heterocycles. The van der Waals surface area contributed by atoms with E-state index in [1.807, 2.05) is 42.5 Å². The first-order valence-corrected chi connectivity index (χ1v) is 9.97. The Kier molecular flexibility index (Phi) is 5.53. The third kappa shape index (κ3) is 4.12. The number of amides is 2. The average Bonchev–Trinajstić information content (AvgIpc) is 3.31. The molecule has 0 saturated carbocycles. The van der Waals surface area contributed by atoms with Crippen molar-refractivity contribution in [3.63, 3.8) is 0 Å². The second-order valence-corrected chi connectivity index (χ2v) is 7.71. The summed E-state index contributed by atoms with van der Waals surface area (Å²) in [5, 5.41) is 0.586. The van der Waals surface area contributed by atoms with Gasteiger partial charge in [-0.2, -0.15) is 0 Å². The zero-order valence-electron chi connectivity index (χ0n) is 15.8. The van der Waals surface area contributed by atoms with Gasteiger partial charge in [0.25, 0.3) is 5.91 Å². The Morgan fingerprint density at radius 2 is 1.86 bits per heavy atom. The number of ether oxygens (including phenoxy) is 1. The molecule has 2 amide bonds. The Morgan fingerprint density at radius 3 is 2.69 bits per heavy atom. The summed E-state index contributed by atoms with van der Waals surface area (Å²) in [7, 11) is 0. The molecule has 150 valence electrons. The molecule has 7 heteroatoms. The van der Waals surface area contributed by atoms with Gasteiger partial charge in [-0.1, -0.05) is 48.0 Å². The van der Waals surface area contributed by atoms with Crippen LogP contribution in [0.3, 0.4) is 0 Å². The number of hydrogen-bond acceptors (Lipinski definition) is 4. The number of likely N-dealkylation sites (tertiary alicyclic amines) is 1. The number of nitrogens with zero attached hydrogens (tertiary/aromatic N) is 2. The maximum atomic E-state index is 12.5. The van der Waals surface area contributed by atoms with Crippen LogP contribution >= 0.6 is 11.6 Å². The first kappa shape index (κ1) is 19.5. The molecular formula is C22H21ClN2O4. The molecule has 1 saturated heterocycles. The fourth-order valence-corrected chi connectivity index (χ4v) is 4.04. The molecule has 2 aliphatic heterocycles. The lowest BCUT2D eigenvalue weighted by atomic mass is 10.1. The van der Waals surface area contributed by atoms with E-state index in [-0.39, 0.29) is 31.4 Å². The molecule has 0 bridgehead atoms. The summed E-state index contributed by atoms with van der Waals surface area (Å²) in [5.41, 5.74) is 2.82. The number of para-hydroxylation sites is 1. The van der Waals surface area contributed by atoms with Crippen LogP contribution < -0.4 is 4.90 Å². The lowest BCUT2D eigenvalue weighted by Gasteiger charge is -2.18. The molecule has 0 aliphatic carbocycles. The van der Waals surface area contributed by atoms with Crippen molar-refractivity contribution in [1.82, 2.24) is 4.90 Å². The largest absolute Gasteiger partial charge is 0.455 e. The van der Waals surface area contributed by atoms with Crippen LogP contribution in [0.1, 0.15) is 17.5 Å². The first-order valence-electron chi connectivity index (χ1n) is 9.59. The highest BCUT2D eigenvalue weighted by Crippen LogP contribution is 2.28. The minimum atomic E-state index is -0.566. The summed E-state index contributed by atoms with van der Waals surface area (Å²) in [6.45, 7) is 0.890. The van der Waals surface area contributed by atoms with Crippen molar-refractivity contribution in [1.29, 1.82) is 0 Å². The van der Waals surface area contributed by atoms with Gasteiger partial charge in [-0.3, -0.25) is 14.4 Å².